The van der Waals surface area contributed by atoms with E-state index in [1.807, 2.05) is 34.9 Å². The van der Waals surface area contributed by atoms with Crippen molar-refractivity contribution in [1.82, 2.24) is 29.4 Å². The summed E-state index contributed by atoms with van der Waals surface area (Å²) < 4.78 is 8.38. The predicted molar refractivity (Wildman–Crippen MR) is 138 cm³/mol. The molecule has 1 atom stereocenters. The van der Waals surface area contributed by atoms with Gasteiger partial charge in [0, 0.05) is 52.6 Å². The highest BCUT2D eigenvalue weighted by molar-refractivity contribution is 7.97. The summed E-state index contributed by atoms with van der Waals surface area (Å²) in [5.41, 5.74) is 5.27. The number of pyridine rings is 1. The second-order valence-electron chi connectivity index (χ2n) is 9.53. The highest BCUT2D eigenvalue weighted by atomic mass is 32.2. The lowest BCUT2D eigenvalue weighted by Gasteiger charge is -2.27. The van der Waals surface area contributed by atoms with Crippen LogP contribution in [0.1, 0.15) is 49.3 Å². The van der Waals surface area contributed by atoms with Gasteiger partial charge in [0.15, 0.2) is 0 Å². The molecule has 0 saturated carbocycles. The molecule has 4 aromatic rings. The highest BCUT2D eigenvalue weighted by Gasteiger charge is 2.34. The molecule has 1 unspecified atom stereocenters. The number of ether oxygens (including phenoxy) is 1. The minimum absolute atomic E-state index is 0.232. The van der Waals surface area contributed by atoms with Crippen molar-refractivity contribution in [3.63, 3.8) is 0 Å². The molecule has 36 heavy (non-hydrogen) atoms. The Kier molecular flexibility index (Phi) is 6.44. The van der Waals surface area contributed by atoms with Gasteiger partial charge >= 0.3 is 6.09 Å². The minimum atomic E-state index is -0.912. The third-order valence-electron chi connectivity index (χ3n) is 5.64. The van der Waals surface area contributed by atoms with Gasteiger partial charge in [-0.25, -0.2) is 13.9 Å². The van der Waals surface area contributed by atoms with Gasteiger partial charge in [-0.1, -0.05) is 6.07 Å². The molecule has 186 valence electrons. The van der Waals surface area contributed by atoms with Gasteiger partial charge in [-0.15, -0.1) is 11.3 Å². The molecule has 1 aromatic carbocycles. The van der Waals surface area contributed by atoms with E-state index in [9.17, 15) is 9.59 Å². The van der Waals surface area contributed by atoms with Crippen LogP contribution in [-0.2, 0) is 22.6 Å². The fraction of sp³-hybridized carbons (Fsp3) is 0.320. The van der Waals surface area contributed by atoms with E-state index in [-0.39, 0.29) is 5.91 Å². The number of thiazole rings is 1. The summed E-state index contributed by atoms with van der Waals surface area (Å²) in [6.45, 7) is 7.94. The average Bonchev–Trinajstić information content (AvgIpc) is 3.51. The fourth-order valence-corrected chi connectivity index (χ4v) is 5.64. The van der Waals surface area contributed by atoms with Crippen LogP contribution in [0.15, 0.2) is 53.1 Å². The first-order valence-electron chi connectivity index (χ1n) is 11.4. The van der Waals surface area contributed by atoms with Crippen molar-refractivity contribution in [2.75, 3.05) is 0 Å². The van der Waals surface area contributed by atoms with Crippen molar-refractivity contribution in [3.05, 3.63) is 70.8 Å². The van der Waals surface area contributed by atoms with Crippen LogP contribution in [0.25, 0.3) is 10.2 Å². The normalized spacial score (nSPS) is 14.1. The van der Waals surface area contributed by atoms with Crippen molar-refractivity contribution in [2.45, 2.75) is 57.3 Å². The van der Waals surface area contributed by atoms with Crippen LogP contribution >= 0.6 is 23.3 Å². The largest absolute Gasteiger partial charge is 0.444 e. The van der Waals surface area contributed by atoms with E-state index < -0.39 is 17.7 Å². The third-order valence-corrected chi connectivity index (χ3v) is 7.27. The first-order chi connectivity index (χ1) is 17.2. The van der Waals surface area contributed by atoms with Gasteiger partial charge in [-0.3, -0.25) is 9.78 Å². The van der Waals surface area contributed by atoms with E-state index >= 15 is 0 Å². The zero-order valence-corrected chi connectivity index (χ0v) is 22.0. The monoisotopic (exact) mass is 522 g/mol. The molecule has 0 radical (unpaired) electrons. The summed E-state index contributed by atoms with van der Waals surface area (Å²) in [5, 5.41) is 7.45. The molecule has 1 aliphatic rings. The summed E-state index contributed by atoms with van der Waals surface area (Å²) >= 11 is 3.12. The SMILES string of the molecule is Cc1ncccc1C(NC(=O)OC(C)(C)C)C(=O)N1Cc2cn(Sc3ccc4ncsc4c3)nc2C1. The number of nitrogens with zero attached hydrogens (tertiary/aromatic N) is 5. The van der Waals surface area contributed by atoms with Crippen LogP contribution in [0.4, 0.5) is 4.79 Å². The van der Waals surface area contributed by atoms with Crippen LogP contribution in [0.2, 0.25) is 0 Å². The molecule has 9 nitrogen and oxygen atoms in total. The zero-order chi connectivity index (χ0) is 25.4. The van der Waals surface area contributed by atoms with Gasteiger partial charge in [-0.05, 0) is 52.0 Å². The Bertz CT molecular complexity index is 1420. The summed E-state index contributed by atoms with van der Waals surface area (Å²) in [6, 6.07) is 8.77. The molecule has 0 bridgehead atoms. The maximum Gasteiger partial charge on any atom is 0.408 e. The topological polar surface area (TPSA) is 102 Å². The molecule has 3 aromatic heterocycles. The maximum absolute atomic E-state index is 13.6. The van der Waals surface area contributed by atoms with Gasteiger partial charge in [0.25, 0.3) is 5.91 Å². The molecule has 2 amide bonds. The average molecular weight is 523 g/mol. The Morgan fingerprint density at radius 1 is 1.19 bits per heavy atom. The molecular formula is C25H26N6O3S2. The number of carbonyl (C=O) groups is 2. The molecule has 0 saturated heterocycles. The lowest BCUT2D eigenvalue weighted by atomic mass is 10.0. The molecule has 5 rings (SSSR count). The smallest absolute Gasteiger partial charge is 0.408 e. The standard InChI is InChI=1S/C25H26N6O3S2/c1-15-18(6-5-9-26-15)22(28-24(33)34-25(2,3)4)23(32)30-11-16-12-31(29-20(16)13-30)36-17-7-8-19-21(10-17)35-14-27-19/h5-10,12,14,22H,11,13H2,1-4H3,(H,28,33). The molecule has 0 fully saturated rings. The highest BCUT2D eigenvalue weighted by Crippen LogP contribution is 2.31. The molecule has 1 N–H and O–H groups in total. The zero-order valence-electron chi connectivity index (χ0n) is 20.4. The number of aromatic nitrogens is 4. The van der Waals surface area contributed by atoms with Crippen LogP contribution in [0.3, 0.4) is 0 Å². The van der Waals surface area contributed by atoms with Crippen molar-refractivity contribution < 1.29 is 14.3 Å². The van der Waals surface area contributed by atoms with E-state index in [0.717, 1.165) is 26.4 Å². The lowest BCUT2D eigenvalue weighted by molar-refractivity contribution is -0.134. The number of hydrogen-bond donors (Lipinski definition) is 1. The quantitative estimate of drug-likeness (QED) is 0.399. The van der Waals surface area contributed by atoms with E-state index in [2.05, 4.69) is 21.4 Å². The number of benzene rings is 1. The Morgan fingerprint density at radius 3 is 2.78 bits per heavy atom. The summed E-state index contributed by atoms with van der Waals surface area (Å²) in [6.07, 6.45) is 2.96. The predicted octanol–water partition coefficient (Wildman–Crippen LogP) is 4.86. The minimum Gasteiger partial charge on any atom is -0.444 e. The van der Waals surface area contributed by atoms with Gasteiger partial charge in [0.05, 0.1) is 28.0 Å². The van der Waals surface area contributed by atoms with Crippen molar-refractivity contribution in [2.24, 2.45) is 0 Å². The summed E-state index contributed by atoms with van der Waals surface area (Å²) in [4.78, 5) is 37.6. The number of aryl methyl sites for hydroxylation is 1. The van der Waals surface area contributed by atoms with Crippen molar-refractivity contribution >= 4 is 45.5 Å². The number of rotatable bonds is 5. The lowest BCUT2D eigenvalue weighted by Crippen LogP contribution is -2.43. The summed E-state index contributed by atoms with van der Waals surface area (Å²) in [7, 11) is 0. The van der Waals surface area contributed by atoms with E-state index in [1.165, 1.54) is 11.9 Å². The summed E-state index contributed by atoms with van der Waals surface area (Å²) in [5.74, 6) is -0.232. The van der Waals surface area contributed by atoms with Crippen LogP contribution in [0.5, 0.6) is 0 Å². The Morgan fingerprint density at radius 2 is 2.03 bits per heavy atom. The van der Waals surface area contributed by atoms with Crippen LogP contribution in [0, 0.1) is 6.92 Å². The van der Waals surface area contributed by atoms with Gasteiger partial charge in [0.2, 0.25) is 0 Å². The number of amides is 2. The second kappa shape index (κ2) is 9.55. The molecule has 1 aliphatic heterocycles. The molecule has 0 aliphatic carbocycles. The second-order valence-corrected chi connectivity index (χ2v) is 11.4. The number of fused-ring (bicyclic) bond motifs is 2. The van der Waals surface area contributed by atoms with Gasteiger partial charge < -0.3 is 15.0 Å². The molecule has 11 heteroatoms. The molecular weight excluding hydrogens is 496 g/mol. The van der Waals surface area contributed by atoms with E-state index in [1.54, 1.807) is 55.3 Å². The molecule has 0 spiro atoms. The Balaban J connectivity index is 1.31. The number of carbonyl (C=O) groups excluding carboxylic acids is 2. The fourth-order valence-electron chi connectivity index (χ4n) is 4.01. The Hall–Kier alpha value is -3.44. The Labute approximate surface area is 217 Å². The van der Waals surface area contributed by atoms with E-state index in [4.69, 9.17) is 9.84 Å². The number of hydrogen-bond acceptors (Lipinski definition) is 8. The van der Waals surface area contributed by atoms with Crippen molar-refractivity contribution in [1.29, 1.82) is 0 Å². The third kappa shape index (κ3) is 5.21. The van der Waals surface area contributed by atoms with Crippen LogP contribution in [-0.4, -0.2) is 41.7 Å². The number of nitrogens with one attached hydrogen (secondary N) is 1. The van der Waals surface area contributed by atoms with Gasteiger partial charge in [-0.2, -0.15) is 5.10 Å². The maximum atomic E-state index is 13.6. The van der Waals surface area contributed by atoms with E-state index in [0.29, 0.717) is 24.3 Å². The van der Waals surface area contributed by atoms with Gasteiger partial charge in [0.1, 0.15) is 11.6 Å². The van der Waals surface area contributed by atoms with Crippen molar-refractivity contribution in [3.8, 4) is 0 Å². The first-order valence-corrected chi connectivity index (χ1v) is 13.1. The first kappa shape index (κ1) is 24.3. The number of alkyl carbamates (subject to hydrolysis) is 1. The molecule has 4 heterocycles. The van der Waals surface area contributed by atoms with Crippen LogP contribution < -0.4 is 5.32 Å².